The van der Waals surface area contributed by atoms with E-state index in [-0.39, 0.29) is 0 Å². The Morgan fingerprint density at radius 3 is 2.41 bits per heavy atom. The average Bonchev–Trinajstić information content (AvgIpc) is 3.24. The zero-order chi connectivity index (χ0) is 18.4. The van der Waals surface area contributed by atoms with Crippen LogP contribution in [0.15, 0.2) is 12.4 Å². The Kier molecular flexibility index (Phi) is 4.60. The predicted octanol–water partition coefficient (Wildman–Crippen LogP) is 1.15. The first kappa shape index (κ1) is 17.8. The normalized spacial score (nSPS) is 31.3. The minimum absolute atomic E-state index is 0.328. The summed E-state index contributed by atoms with van der Waals surface area (Å²) in [6.45, 7) is 6.50. The molecule has 4 heterocycles. The summed E-state index contributed by atoms with van der Waals surface area (Å²) in [7, 11) is -2.97. The number of fused-ring (bicyclic) bond motifs is 1. The van der Waals surface area contributed by atoms with Crippen LogP contribution in [0.5, 0.6) is 0 Å². The zero-order valence-corrected chi connectivity index (χ0v) is 16.6. The van der Waals surface area contributed by atoms with E-state index in [9.17, 15) is 8.42 Å². The molecule has 0 bridgehead atoms. The minimum atomic E-state index is -2.97. The van der Waals surface area contributed by atoms with Gasteiger partial charge in [0.2, 0.25) is 10.0 Å². The SMILES string of the molecule is O=S1(=O)CCCN1CCN1CC2CN(c3cc(C4CCC4)ncn3)CC2C1. The van der Waals surface area contributed by atoms with E-state index in [1.165, 1.54) is 25.0 Å². The Bertz CT molecular complexity index is 783. The molecule has 0 amide bonds. The van der Waals surface area contributed by atoms with Crippen LogP contribution in [0.25, 0.3) is 0 Å². The fraction of sp³-hybridized carbons (Fsp3) is 0.789. The highest BCUT2D eigenvalue weighted by molar-refractivity contribution is 7.89. The molecule has 148 valence electrons. The van der Waals surface area contributed by atoms with Gasteiger partial charge in [-0.2, -0.15) is 0 Å². The van der Waals surface area contributed by atoms with Gasteiger partial charge in [0, 0.05) is 63.5 Å². The van der Waals surface area contributed by atoms with Gasteiger partial charge in [-0.05, 0) is 31.1 Å². The van der Waals surface area contributed by atoms with Crippen molar-refractivity contribution >= 4 is 15.8 Å². The van der Waals surface area contributed by atoms with Crippen molar-refractivity contribution in [2.75, 3.05) is 56.5 Å². The Morgan fingerprint density at radius 1 is 1.00 bits per heavy atom. The highest BCUT2D eigenvalue weighted by atomic mass is 32.2. The van der Waals surface area contributed by atoms with Crippen molar-refractivity contribution in [3.8, 4) is 0 Å². The second kappa shape index (κ2) is 6.97. The standard InChI is InChI=1S/C19H29N5O2S/c25-27(26)8-2-5-24(27)7-6-22-10-16-12-23(13-17(16)11-22)19-9-18(20-14-21-19)15-3-1-4-15/h9,14-17H,1-8,10-13H2. The third-order valence-electron chi connectivity index (χ3n) is 6.95. The van der Waals surface area contributed by atoms with Crippen LogP contribution in [0.1, 0.15) is 37.3 Å². The van der Waals surface area contributed by atoms with Crippen molar-refractivity contribution in [2.24, 2.45) is 11.8 Å². The molecule has 0 N–H and O–H groups in total. The third kappa shape index (κ3) is 3.47. The topological polar surface area (TPSA) is 69.6 Å². The van der Waals surface area contributed by atoms with E-state index >= 15 is 0 Å². The molecule has 1 saturated carbocycles. The quantitative estimate of drug-likeness (QED) is 0.750. The van der Waals surface area contributed by atoms with Crippen molar-refractivity contribution in [1.82, 2.24) is 19.2 Å². The number of hydrogen-bond donors (Lipinski definition) is 0. The van der Waals surface area contributed by atoms with E-state index in [2.05, 4.69) is 25.8 Å². The molecule has 5 rings (SSSR count). The molecule has 3 aliphatic heterocycles. The summed E-state index contributed by atoms with van der Waals surface area (Å²) in [5.74, 6) is 3.40. The zero-order valence-electron chi connectivity index (χ0n) is 15.8. The number of hydrogen-bond acceptors (Lipinski definition) is 6. The second-order valence-electron chi connectivity index (χ2n) is 8.68. The smallest absolute Gasteiger partial charge is 0.214 e. The number of likely N-dealkylation sites (tertiary alicyclic amines) is 1. The van der Waals surface area contributed by atoms with Crippen LogP contribution in [-0.2, 0) is 10.0 Å². The van der Waals surface area contributed by atoms with Gasteiger partial charge in [0.15, 0.2) is 0 Å². The molecule has 1 aromatic heterocycles. The molecule has 3 saturated heterocycles. The number of nitrogens with zero attached hydrogens (tertiary/aromatic N) is 5. The highest BCUT2D eigenvalue weighted by Gasteiger charge is 2.41. The van der Waals surface area contributed by atoms with Gasteiger partial charge in [-0.1, -0.05) is 6.42 Å². The van der Waals surface area contributed by atoms with Gasteiger partial charge in [0.05, 0.1) is 5.75 Å². The largest absolute Gasteiger partial charge is 0.356 e. The van der Waals surface area contributed by atoms with Crippen LogP contribution in [0, 0.1) is 11.8 Å². The molecular weight excluding hydrogens is 362 g/mol. The fourth-order valence-corrected chi connectivity index (χ4v) is 6.64. The lowest BCUT2D eigenvalue weighted by Gasteiger charge is -2.27. The average molecular weight is 392 g/mol. The minimum Gasteiger partial charge on any atom is -0.356 e. The van der Waals surface area contributed by atoms with E-state index < -0.39 is 10.0 Å². The molecule has 0 radical (unpaired) electrons. The Hall–Kier alpha value is -1.25. The summed E-state index contributed by atoms with van der Waals surface area (Å²) >= 11 is 0. The van der Waals surface area contributed by atoms with Crippen molar-refractivity contribution in [3.05, 3.63) is 18.1 Å². The van der Waals surface area contributed by atoms with Gasteiger partial charge in [-0.25, -0.2) is 22.7 Å². The number of sulfonamides is 1. The maximum Gasteiger partial charge on any atom is 0.214 e. The van der Waals surface area contributed by atoms with Crippen molar-refractivity contribution in [2.45, 2.75) is 31.6 Å². The summed E-state index contributed by atoms with van der Waals surface area (Å²) in [5.41, 5.74) is 1.22. The van der Waals surface area contributed by atoms with Crippen LogP contribution < -0.4 is 4.90 Å². The van der Waals surface area contributed by atoms with Crippen LogP contribution in [0.4, 0.5) is 5.82 Å². The van der Waals surface area contributed by atoms with Gasteiger partial charge in [-0.3, -0.25) is 0 Å². The molecule has 8 heteroatoms. The lowest BCUT2D eigenvalue weighted by atomic mass is 9.83. The van der Waals surface area contributed by atoms with E-state index in [1.54, 1.807) is 10.6 Å². The molecule has 7 nitrogen and oxygen atoms in total. The van der Waals surface area contributed by atoms with Crippen LogP contribution >= 0.6 is 0 Å². The Morgan fingerprint density at radius 2 is 1.78 bits per heavy atom. The van der Waals surface area contributed by atoms with Gasteiger partial charge >= 0.3 is 0 Å². The van der Waals surface area contributed by atoms with Crippen molar-refractivity contribution in [1.29, 1.82) is 0 Å². The lowest BCUT2D eigenvalue weighted by Crippen LogP contribution is -2.36. The van der Waals surface area contributed by atoms with Gasteiger partial charge in [-0.15, -0.1) is 0 Å². The molecule has 2 unspecified atom stereocenters. The monoisotopic (exact) mass is 391 g/mol. The summed E-state index contributed by atoms with van der Waals surface area (Å²) in [5, 5.41) is 0. The van der Waals surface area contributed by atoms with Crippen molar-refractivity contribution in [3.63, 3.8) is 0 Å². The maximum absolute atomic E-state index is 12.0. The summed E-state index contributed by atoms with van der Waals surface area (Å²) < 4.78 is 25.6. The van der Waals surface area contributed by atoms with E-state index in [0.29, 0.717) is 36.6 Å². The first-order valence-corrected chi connectivity index (χ1v) is 12.0. The molecule has 1 aromatic rings. The Labute approximate surface area is 161 Å². The molecule has 4 aliphatic rings. The molecule has 2 atom stereocenters. The predicted molar refractivity (Wildman–Crippen MR) is 104 cm³/mol. The van der Waals surface area contributed by atoms with Gasteiger partial charge in [0.1, 0.15) is 12.1 Å². The number of rotatable bonds is 5. The van der Waals surface area contributed by atoms with Crippen molar-refractivity contribution < 1.29 is 8.42 Å². The maximum atomic E-state index is 12.0. The van der Waals surface area contributed by atoms with E-state index in [1.807, 2.05) is 0 Å². The third-order valence-corrected chi connectivity index (χ3v) is 8.91. The second-order valence-corrected chi connectivity index (χ2v) is 10.8. The molecule has 27 heavy (non-hydrogen) atoms. The molecule has 0 spiro atoms. The summed E-state index contributed by atoms with van der Waals surface area (Å²) in [4.78, 5) is 13.9. The van der Waals surface area contributed by atoms with Crippen LogP contribution in [0.3, 0.4) is 0 Å². The Balaban J connectivity index is 1.15. The van der Waals surface area contributed by atoms with Gasteiger partial charge in [0.25, 0.3) is 0 Å². The number of aromatic nitrogens is 2. The highest BCUT2D eigenvalue weighted by Crippen LogP contribution is 2.37. The molecule has 4 fully saturated rings. The lowest BCUT2D eigenvalue weighted by molar-refractivity contribution is 0.286. The molecule has 0 aromatic carbocycles. The first-order chi connectivity index (χ1) is 13.1. The molecular formula is C19H29N5O2S. The summed E-state index contributed by atoms with van der Waals surface area (Å²) in [6.07, 6.45) is 6.38. The fourth-order valence-electron chi connectivity index (χ4n) is 5.12. The van der Waals surface area contributed by atoms with Gasteiger partial charge < -0.3 is 9.80 Å². The number of anilines is 1. The van der Waals surface area contributed by atoms with E-state index in [0.717, 1.165) is 45.0 Å². The van der Waals surface area contributed by atoms with Crippen LogP contribution in [0.2, 0.25) is 0 Å². The summed E-state index contributed by atoms with van der Waals surface area (Å²) in [6, 6.07) is 2.21. The first-order valence-electron chi connectivity index (χ1n) is 10.4. The van der Waals surface area contributed by atoms with Crippen LogP contribution in [-0.4, -0.2) is 79.2 Å². The molecule has 1 aliphatic carbocycles. The van der Waals surface area contributed by atoms with E-state index in [4.69, 9.17) is 0 Å².